The molecule has 0 saturated heterocycles. The number of benzene rings is 2. The monoisotopic (exact) mass is 303 g/mol. The number of nitrogens with one attached hydrogen (secondary N) is 1. The lowest BCUT2D eigenvalue weighted by Gasteiger charge is -2.19. The number of aliphatic hydroxyl groups excluding tert-OH is 1. The van der Waals surface area contributed by atoms with E-state index in [2.05, 4.69) is 6.07 Å². The van der Waals surface area contributed by atoms with E-state index in [9.17, 15) is 5.11 Å². The molecule has 3 rings (SSSR count). The molecule has 4 nitrogen and oxygen atoms in total. The van der Waals surface area contributed by atoms with E-state index < -0.39 is 0 Å². The minimum absolute atomic E-state index is 0.159. The Morgan fingerprint density at radius 1 is 1.13 bits per heavy atom. The molecule has 0 aromatic heterocycles. The Kier molecular flexibility index (Phi) is 3.86. The van der Waals surface area contributed by atoms with Crippen LogP contribution in [0.15, 0.2) is 60.4 Å². The summed E-state index contributed by atoms with van der Waals surface area (Å²) in [6.45, 7) is 2.14. The van der Waals surface area contributed by atoms with Crippen molar-refractivity contribution in [3.05, 3.63) is 71.5 Å². The third-order valence-corrected chi connectivity index (χ3v) is 4.06. The van der Waals surface area contributed by atoms with E-state index in [4.69, 9.17) is 10.7 Å². The summed E-state index contributed by atoms with van der Waals surface area (Å²) in [6.07, 6.45) is 0. The van der Waals surface area contributed by atoms with E-state index >= 15 is 0 Å². The van der Waals surface area contributed by atoms with Crippen molar-refractivity contribution < 1.29 is 5.11 Å². The van der Waals surface area contributed by atoms with Gasteiger partial charge in [-0.1, -0.05) is 42.5 Å². The summed E-state index contributed by atoms with van der Waals surface area (Å²) < 4.78 is 0. The molecule has 2 aromatic carbocycles. The highest BCUT2D eigenvalue weighted by atomic mass is 16.3. The summed E-state index contributed by atoms with van der Waals surface area (Å²) in [5.74, 6) is 0.332. The highest BCUT2D eigenvalue weighted by Crippen LogP contribution is 2.31. The van der Waals surface area contributed by atoms with Crippen LogP contribution in [0.1, 0.15) is 24.0 Å². The van der Waals surface area contributed by atoms with Crippen LogP contribution in [0, 0.1) is 16.7 Å². The molecule has 1 unspecified atom stereocenters. The maximum Gasteiger partial charge on any atom is 0.137 e. The summed E-state index contributed by atoms with van der Waals surface area (Å²) in [4.78, 5) is 1.76. The van der Waals surface area contributed by atoms with Gasteiger partial charge < -0.3 is 10.0 Å². The summed E-state index contributed by atoms with van der Waals surface area (Å²) in [5.41, 5.74) is 3.19. The molecule has 2 aromatic rings. The lowest BCUT2D eigenvalue weighted by atomic mass is 10.0. The Morgan fingerprint density at radius 3 is 2.39 bits per heavy atom. The van der Waals surface area contributed by atoms with Crippen molar-refractivity contribution in [2.24, 2.45) is 0 Å². The molecule has 1 heterocycles. The summed E-state index contributed by atoms with van der Waals surface area (Å²) >= 11 is 0. The second kappa shape index (κ2) is 5.98. The second-order valence-corrected chi connectivity index (χ2v) is 5.56. The van der Waals surface area contributed by atoms with Gasteiger partial charge in [-0.2, -0.15) is 5.26 Å². The third-order valence-electron chi connectivity index (χ3n) is 4.06. The van der Waals surface area contributed by atoms with Crippen LogP contribution in [0.5, 0.6) is 0 Å². The summed E-state index contributed by atoms with van der Waals surface area (Å²) in [6, 6.07) is 19.3. The van der Waals surface area contributed by atoms with Crippen LogP contribution in [0.3, 0.4) is 0 Å². The molecule has 0 spiro atoms. The van der Waals surface area contributed by atoms with Crippen molar-refractivity contribution in [3.63, 3.8) is 0 Å². The number of aliphatic hydroxyl groups is 1. The van der Waals surface area contributed by atoms with Gasteiger partial charge in [-0.3, -0.25) is 5.41 Å². The molecule has 0 amide bonds. The van der Waals surface area contributed by atoms with E-state index in [1.54, 1.807) is 4.90 Å². The van der Waals surface area contributed by atoms with E-state index in [1.807, 2.05) is 61.5 Å². The van der Waals surface area contributed by atoms with Crippen molar-refractivity contribution in [1.82, 2.24) is 0 Å². The number of anilines is 1. The zero-order valence-corrected chi connectivity index (χ0v) is 12.8. The van der Waals surface area contributed by atoms with Crippen LogP contribution >= 0.6 is 0 Å². The zero-order valence-electron chi connectivity index (χ0n) is 12.8. The molecule has 23 heavy (non-hydrogen) atoms. The molecule has 0 radical (unpaired) electrons. The van der Waals surface area contributed by atoms with Gasteiger partial charge in [0.15, 0.2) is 0 Å². The minimum Gasteiger partial charge on any atom is -0.510 e. The van der Waals surface area contributed by atoms with Gasteiger partial charge >= 0.3 is 0 Å². The largest absolute Gasteiger partial charge is 0.510 e. The molecular formula is C19H17N3O. The quantitative estimate of drug-likeness (QED) is 0.897. The first kappa shape index (κ1) is 14.9. The van der Waals surface area contributed by atoms with Gasteiger partial charge in [0.1, 0.15) is 11.6 Å². The Bertz CT molecular complexity index is 801. The van der Waals surface area contributed by atoms with Gasteiger partial charge in [0.25, 0.3) is 0 Å². The number of nitriles is 1. The summed E-state index contributed by atoms with van der Waals surface area (Å²) in [7, 11) is 0. The predicted octanol–water partition coefficient (Wildman–Crippen LogP) is 4.08. The molecule has 4 heteroatoms. The fraction of sp³-hybridized carbons (Fsp3) is 0.158. The molecule has 0 fully saturated rings. The number of nitrogens with zero attached hydrogens (tertiary/aromatic N) is 2. The molecule has 0 bridgehead atoms. The first-order valence-corrected chi connectivity index (χ1v) is 7.45. The molecular weight excluding hydrogens is 286 g/mol. The Labute approximate surface area is 135 Å². The van der Waals surface area contributed by atoms with Gasteiger partial charge in [-0.25, -0.2) is 0 Å². The highest BCUT2D eigenvalue weighted by Gasteiger charge is 2.29. The smallest absolute Gasteiger partial charge is 0.137 e. The standard InChI is InChI=1S/C19H17N3O/c1-13(11-20)14-7-9-16(10-8-14)22-12-17(23)18(19(22)21)15-5-3-2-4-6-15/h2-10,13,21,23H,12H2,1H3. The van der Waals surface area contributed by atoms with Crippen molar-refractivity contribution in [2.45, 2.75) is 12.8 Å². The van der Waals surface area contributed by atoms with Crippen LogP contribution in [-0.4, -0.2) is 17.5 Å². The van der Waals surface area contributed by atoms with E-state index in [-0.39, 0.29) is 24.1 Å². The zero-order chi connectivity index (χ0) is 16.4. The van der Waals surface area contributed by atoms with E-state index in [1.165, 1.54) is 0 Å². The van der Waals surface area contributed by atoms with Gasteiger partial charge in [0.2, 0.25) is 0 Å². The average Bonchev–Trinajstić information content (AvgIpc) is 2.89. The van der Waals surface area contributed by atoms with Crippen LogP contribution < -0.4 is 4.90 Å². The fourth-order valence-electron chi connectivity index (χ4n) is 2.73. The first-order chi connectivity index (χ1) is 11.1. The Morgan fingerprint density at radius 2 is 1.78 bits per heavy atom. The Hall–Kier alpha value is -3.06. The normalized spacial score (nSPS) is 15.7. The average molecular weight is 303 g/mol. The number of rotatable bonds is 3. The van der Waals surface area contributed by atoms with Crippen molar-refractivity contribution >= 4 is 17.1 Å². The van der Waals surface area contributed by atoms with Crippen LogP contribution in [0.4, 0.5) is 5.69 Å². The van der Waals surface area contributed by atoms with Crippen molar-refractivity contribution in [2.75, 3.05) is 11.4 Å². The highest BCUT2D eigenvalue weighted by molar-refractivity contribution is 6.30. The second-order valence-electron chi connectivity index (χ2n) is 5.56. The van der Waals surface area contributed by atoms with Crippen LogP contribution in [0.2, 0.25) is 0 Å². The maximum absolute atomic E-state index is 10.3. The molecule has 0 saturated carbocycles. The predicted molar refractivity (Wildman–Crippen MR) is 91.5 cm³/mol. The van der Waals surface area contributed by atoms with Crippen molar-refractivity contribution in [3.8, 4) is 6.07 Å². The minimum atomic E-state index is -0.159. The third kappa shape index (κ3) is 2.69. The molecule has 114 valence electrons. The van der Waals surface area contributed by atoms with E-state index in [0.29, 0.717) is 5.57 Å². The van der Waals surface area contributed by atoms with Gasteiger partial charge in [0, 0.05) is 5.69 Å². The van der Waals surface area contributed by atoms with Crippen LogP contribution in [-0.2, 0) is 0 Å². The SMILES string of the molecule is CC(C#N)c1ccc(N2CC(O)=C(c3ccccc3)C2=N)cc1. The molecule has 2 N–H and O–H groups in total. The van der Waals surface area contributed by atoms with Gasteiger partial charge in [-0.15, -0.1) is 0 Å². The van der Waals surface area contributed by atoms with Gasteiger partial charge in [0.05, 0.1) is 24.1 Å². The lowest BCUT2D eigenvalue weighted by Crippen LogP contribution is -2.26. The van der Waals surface area contributed by atoms with Crippen molar-refractivity contribution in [1.29, 1.82) is 10.7 Å². The lowest BCUT2D eigenvalue weighted by molar-refractivity contribution is 0.411. The number of amidine groups is 1. The first-order valence-electron chi connectivity index (χ1n) is 7.45. The molecule has 0 aliphatic carbocycles. The summed E-state index contributed by atoms with van der Waals surface area (Å²) in [5, 5.41) is 27.7. The number of hydrogen-bond acceptors (Lipinski definition) is 3. The molecule has 1 aliphatic heterocycles. The van der Waals surface area contributed by atoms with Gasteiger partial charge in [-0.05, 0) is 30.2 Å². The molecule has 1 aliphatic rings. The maximum atomic E-state index is 10.3. The fourth-order valence-corrected chi connectivity index (χ4v) is 2.73. The number of hydrogen-bond donors (Lipinski definition) is 2. The topological polar surface area (TPSA) is 71.1 Å². The van der Waals surface area contributed by atoms with E-state index in [0.717, 1.165) is 16.8 Å². The Balaban J connectivity index is 1.87. The molecule has 1 atom stereocenters. The van der Waals surface area contributed by atoms with Crippen LogP contribution in [0.25, 0.3) is 5.57 Å².